The minimum absolute atomic E-state index is 0.162. The quantitative estimate of drug-likeness (QED) is 0.852. The van der Waals surface area contributed by atoms with Crippen molar-refractivity contribution in [2.75, 3.05) is 20.7 Å². The standard InChI is InChI=1S/C18H21NO3/c1-19(12-11-18(20)21)13-14-7-9-15(10-8-14)16-5-3-4-6-17(16)22-2/h3-10H,11-13H2,1-2H3,(H,20,21). The lowest BCUT2D eigenvalue weighted by Gasteiger charge is -2.16. The summed E-state index contributed by atoms with van der Waals surface area (Å²) in [7, 11) is 3.60. The molecule has 1 N–H and O–H groups in total. The molecule has 0 spiro atoms. The van der Waals surface area contributed by atoms with Crippen LogP contribution in [0.5, 0.6) is 5.75 Å². The molecule has 0 atom stereocenters. The second-order valence-electron chi connectivity index (χ2n) is 5.28. The molecule has 0 bridgehead atoms. The SMILES string of the molecule is COc1ccccc1-c1ccc(CN(C)CCC(=O)O)cc1. The predicted molar refractivity (Wildman–Crippen MR) is 87.0 cm³/mol. The van der Waals surface area contributed by atoms with Crippen molar-refractivity contribution in [2.24, 2.45) is 0 Å². The molecule has 22 heavy (non-hydrogen) atoms. The number of para-hydroxylation sites is 1. The van der Waals surface area contributed by atoms with E-state index in [2.05, 4.69) is 24.3 Å². The Balaban J connectivity index is 2.05. The summed E-state index contributed by atoms with van der Waals surface area (Å²) in [6.45, 7) is 1.28. The van der Waals surface area contributed by atoms with Gasteiger partial charge in [0, 0.05) is 18.7 Å². The lowest BCUT2D eigenvalue weighted by molar-refractivity contribution is -0.137. The minimum atomic E-state index is -0.765. The Kier molecular flexibility index (Phi) is 5.55. The molecule has 0 saturated heterocycles. The van der Waals surface area contributed by atoms with E-state index in [0.717, 1.165) is 29.0 Å². The van der Waals surface area contributed by atoms with Crippen molar-refractivity contribution in [3.05, 3.63) is 54.1 Å². The van der Waals surface area contributed by atoms with Gasteiger partial charge in [-0.2, -0.15) is 0 Å². The molecular weight excluding hydrogens is 278 g/mol. The van der Waals surface area contributed by atoms with E-state index in [1.165, 1.54) is 0 Å². The molecule has 0 saturated carbocycles. The average Bonchev–Trinajstić information content (AvgIpc) is 2.53. The molecule has 2 rings (SSSR count). The number of aliphatic carboxylic acids is 1. The van der Waals surface area contributed by atoms with Gasteiger partial charge >= 0.3 is 5.97 Å². The van der Waals surface area contributed by atoms with E-state index in [0.29, 0.717) is 6.54 Å². The minimum Gasteiger partial charge on any atom is -0.496 e. The molecule has 0 amide bonds. The highest BCUT2D eigenvalue weighted by Gasteiger charge is 2.06. The molecule has 0 aromatic heterocycles. The van der Waals surface area contributed by atoms with E-state index in [1.54, 1.807) is 7.11 Å². The van der Waals surface area contributed by atoms with Crippen LogP contribution in [0.4, 0.5) is 0 Å². The molecule has 0 aliphatic carbocycles. The van der Waals surface area contributed by atoms with Crippen molar-refractivity contribution in [3.8, 4) is 16.9 Å². The van der Waals surface area contributed by atoms with Crippen LogP contribution in [0.25, 0.3) is 11.1 Å². The highest BCUT2D eigenvalue weighted by molar-refractivity contribution is 5.70. The zero-order chi connectivity index (χ0) is 15.9. The van der Waals surface area contributed by atoms with Crippen molar-refractivity contribution >= 4 is 5.97 Å². The van der Waals surface area contributed by atoms with E-state index in [-0.39, 0.29) is 6.42 Å². The fourth-order valence-corrected chi connectivity index (χ4v) is 2.35. The van der Waals surface area contributed by atoms with E-state index in [1.807, 2.05) is 36.2 Å². The highest BCUT2D eigenvalue weighted by atomic mass is 16.5. The summed E-state index contributed by atoms with van der Waals surface area (Å²) >= 11 is 0. The van der Waals surface area contributed by atoms with Crippen LogP contribution >= 0.6 is 0 Å². The van der Waals surface area contributed by atoms with Crippen molar-refractivity contribution < 1.29 is 14.6 Å². The number of ether oxygens (including phenoxy) is 1. The molecule has 2 aromatic carbocycles. The van der Waals surface area contributed by atoms with Crippen molar-refractivity contribution in [1.82, 2.24) is 4.90 Å². The summed E-state index contributed by atoms with van der Waals surface area (Å²) in [6.07, 6.45) is 0.162. The maximum Gasteiger partial charge on any atom is 0.304 e. The molecule has 116 valence electrons. The van der Waals surface area contributed by atoms with Gasteiger partial charge in [-0.25, -0.2) is 0 Å². The smallest absolute Gasteiger partial charge is 0.304 e. The number of carboxylic acid groups (broad SMARTS) is 1. The van der Waals surface area contributed by atoms with Gasteiger partial charge < -0.3 is 14.7 Å². The van der Waals surface area contributed by atoms with E-state index >= 15 is 0 Å². The first-order valence-corrected chi connectivity index (χ1v) is 7.23. The van der Waals surface area contributed by atoms with Gasteiger partial charge in [0.1, 0.15) is 5.75 Å². The highest BCUT2D eigenvalue weighted by Crippen LogP contribution is 2.29. The third-order valence-corrected chi connectivity index (χ3v) is 3.53. The second-order valence-corrected chi connectivity index (χ2v) is 5.28. The normalized spacial score (nSPS) is 10.7. The summed E-state index contributed by atoms with van der Waals surface area (Å²) in [5.41, 5.74) is 3.33. The molecule has 4 nitrogen and oxygen atoms in total. The van der Waals surface area contributed by atoms with Crippen LogP contribution in [0.3, 0.4) is 0 Å². The van der Waals surface area contributed by atoms with Crippen LogP contribution in [-0.4, -0.2) is 36.7 Å². The van der Waals surface area contributed by atoms with Crippen molar-refractivity contribution in [2.45, 2.75) is 13.0 Å². The van der Waals surface area contributed by atoms with Gasteiger partial charge in [0.25, 0.3) is 0 Å². The number of carbonyl (C=O) groups is 1. The summed E-state index contributed by atoms with van der Waals surface area (Å²) in [4.78, 5) is 12.6. The average molecular weight is 299 g/mol. The first-order chi connectivity index (χ1) is 10.6. The fourth-order valence-electron chi connectivity index (χ4n) is 2.35. The Bertz CT molecular complexity index is 622. The van der Waals surface area contributed by atoms with Crippen LogP contribution in [0, 0.1) is 0 Å². The molecule has 0 aliphatic heterocycles. The molecule has 0 aliphatic rings. The number of rotatable bonds is 7. The maximum absolute atomic E-state index is 10.6. The third kappa shape index (κ3) is 4.33. The fraction of sp³-hybridized carbons (Fsp3) is 0.278. The zero-order valence-electron chi connectivity index (χ0n) is 13.0. The molecule has 4 heteroatoms. The van der Waals surface area contributed by atoms with Crippen LogP contribution in [-0.2, 0) is 11.3 Å². The summed E-state index contributed by atoms with van der Waals surface area (Å²) in [5.74, 6) is 0.0900. The molecule has 2 aromatic rings. The number of hydrogen-bond acceptors (Lipinski definition) is 3. The van der Waals surface area contributed by atoms with E-state index < -0.39 is 5.97 Å². The summed E-state index contributed by atoms with van der Waals surface area (Å²) in [5, 5.41) is 8.70. The van der Waals surface area contributed by atoms with Gasteiger partial charge in [-0.1, -0.05) is 42.5 Å². The third-order valence-electron chi connectivity index (χ3n) is 3.53. The zero-order valence-corrected chi connectivity index (χ0v) is 13.0. The number of hydrogen-bond donors (Lipinski definition) is 1. The van der Waals surface area contributed by atoms with Gasteiger partial charge in [0.05, 0.1) is 13.5 Å². The maximum atomic E-state index is 10.6. The van der Waals surface area contributed by atoms with Crippen molar-refractivity contribution in [1.29, 1.82) is 0 Å². The number of carboxylic acids is 1. The Morgan fingerprint density at radius 1 is 1.14 bits per heavy atom. The number of benzene rings is 2. The Labute approximate surface area is 131 Å². The monoisotopic (exact) mass is 299 g/mol. The van der Waals surface area contributed by atoms with Gasteiger partial charge in [-0.15, -0.1) is 0 Å². The van der Waals surface area contributed by atoms with E-state index in [4.69, 9.17) is 9.84 Å². The van der Waals surface area contributed by atoms with Crippen molar-refractivity contribution in [3.63, 3.8) is 0 Å². The molecule has 0 radical (unpaired) electrons. The molecule has 0 heterocycles. The van der Waals surface area contributed by atoms with Gasteiger partial charge in [0.2, 0.25) is 0 Å². The first-order valence-electron chi connectivity index (χ1n) is 7.23. The van der Waals surface area contributed by atoms with Crippen LogP contribution in [0.1, 0.15) is 12.0 Å². The Morgan fingerprint density at radius 3 is 2.45 bits per heavy atom. The topological polar surface area (TPSA) is 49.8 Å². The van der Waals surface area contributed by atoms with E-state index in [9.17, 15) is 4.79 Å². The lowest BCUT2D eigenvalue weighted by Crippen LogP contribution is -2.21. The van der Waals surface area contributed by atoms with Crippen LogP contribution < -0.4 is 4.74 Å². The summed E-state index contributed by atoms with van der Waals surface area (Å²) in [6, 6.07) is 16.2. The number of nitrogens with zero attached hydrogens (tertiary/aromatic N) is 1. The lowest BCUT2D eigenvalue weighted by atomic mass is 10.0. The van der Waals surface area contributed by atoms with Gasteiger partial charge in [-0.3, -0.25) is 4.79 Å². The molecule has 0 fully saturated rings. The Morgan fingerprint density at radius 2 is 1.82 bits per heavy atom. The van der Waals surface area contributed by atoms with Gasteiger partial charge in [0.15, 0.2) is 0 Å². The predicted octanol–water partition coefficient (Wildman–Crippen LogP) is 3.27. The number of methoxy groups -OCH3 is 1. The second kappa shape index (κ2) is 7.61. The van der Waals surface area contributed by atoms with Gasteiger partial charge in [-0.05, 0) is 24.2 Å². The molecule has 0 unspecified atom stereocenters. The molecular formula is C18H21NO3. The first kappa shape index (κ1) is 16.0. The summed E-state index contributed by atoms with van der Waals surface area (Å²) < 4.78 is 5.39. The van der Waals surface area contributed by atoms with Crippen LogP contribution in [0.15, 0.2) is 48.5 Å². The Hall–Kier alpha value is -2.33. The largest absolute Gasteiger partial charge is 0.496 e. The van der Waals surface area contributed by atoms with Crippen LogP contribution in [0.2, 0.25) is 0 Å².